The molecule has 0 aliphatic heterocycles. The monoisotopic (exact) mass is 256 g/mol. The first kappa shape index (κ1) is 13.3. The first-order valence-corrected chi connectivity index (χ1v) is 6.14. The summed E-state index contributed by atoms with van der Waals surface area (Å²) in [4.78, 5) is 11.4. The Hall–Kier alpha value is -2.13. The van der Waals surface area contributed by atoms with Crippen molar-refractivity contribution >= 4 is 5.97 Å². The lowest BCUT2D eigenvalue weighted by Gasteiger charge is -2.23. The van der Waals surface area contributed by atoms with E-state index in [-0.39, 0.29) is 12.8 Å². The average Bonchev–Trinajstić information content (AvgIpc) is 2.40. The zero-order valence-electron chi connectivity index (χ0n) is 10.5. The second kappa shape index (κ2) is 5.67. The molecule has 0 spiro atoms. The molecule has 3 nitrogen and oxygen atoms in total. The van der Waals surface area contributed by atoms with Crippen LogP contribution in [0.4, 0.5) is 0 Å². The Morgan fingerprint density at radius 2 is 1.21 bits per heavy atom. The smallest absolute Gasteiger partial charge is 0.336 e. The highest BCUT2D eigenvalue weighted by molar-refractivity contribution is 5.78. The minimum absolute atomic E-state index is 0.0953. The summed E-state index contributed by atoms with van der Waals surface area (Å²) in [6.07, 6.45) is 0.191. The fourth-order valence-electron chi connectivity index (χ4n) is 2.08. The predicted molar refractivity (Wildman–Crippen MR) is 72.9 cm³/mol. The van der Waals surface area contributed by atoms with Crippen molar-refractivity contribution in [1.82, 2.24) is 0 Å². The highest BCUT2D eigenvalue weighted by Crippen LogP contribution is 2.19. The van der Waals surface area contributed by atoms with E-state index >= 15 is 0 Å². The SMILES string of the molecule is O=C(O)C(O)(Cc1ccccc1)Cc1ccccc1. The predicted octanol–water partition coefficient (Wildman–Crippen LogP) is 2.29. The van der Waals surface area contributed by atoms with E-state index in [4.69, 9.17) is 0 Å². The van der Waals surface area contributed by atoms with Gasteiger partial charge >= 0.3 is 5.97 Å². The van der Waals surface area contributed by atoms with Crippen molar-refractivity contribution in [3.63, 3.8) is 0 Å². The molecule has 0 bridgehead atoms. The minimum atomic E-state index is -1.78. The van der Waals surface area contributed by atoms with Gasteiger partial charge in [0.2, 0.25) is 0 Å². The molecule has 0 aliphatic rings. The number of aliphatic hydroxyl groups is 1. The number of carboxylic acid groups (broad SMARTS) is 1. The molecule has 0 atom stereocenters. The zero-order valence-corrected chi connectivity index (χ0v) is 10.5. The largest absolute Gasteiger partial charge is 0.479 e. The first-order valence-electron chi connectivity index (χ1n) is 6.14. The second-order valence-corrected chi connectivity index (χ2v) is 4.66. The molecule has 0 saturated carbocycles. The Bertz CT molecular complexity index is 493. The molecular weight excluding hydrogens is 240 g/mol. The molecule has 0 radical (unpaired) electrons. The maximum Gasteiger partial charge on any atom is 0.336 e. The number of hydrogen-bond acceptors (Lipinski definition) is 2. The van der Waals surface area contributed by atoms with Gasteiger partial charge in [-0.05, 0) is 11.1 Å². The number of hydrogen-bond donors (Lipinski definition) is 2. The quantitative estimate of drug-likeness (QED) is 0.863. The van der Waals surface area contributed by atoms with Gasteiger partial charge in [0, 0.05) is 12.8 Å². The molecule has 0 unspecified atom stereocenters. The van der Waals surface area contributed by atoms with Crippen LogP contribution in [0.25, 0.3) is 0 Å². The van der Waals surface area contributed by atoms with Crippen LogP contribution in [-0.2, 0) is 17.6 Å². The van der Waals surface area contributed by atoms with Gasteiger partial charge in [-0.15, -0.1) is 0 Å². The van der Waals surface area contributed by atoms with Gasteiger partial charge in [0.25, 0.3) is 0 Å². The Kier molecular flexibility index (Phi) is 3.97. The van der Waals surface area contributed by atoms with Gasteiger partial charge in [-0.1, -0.05) is 60.7 Å². The number of benzene rings is 2. The molecule has 2 aromatic carbocycles. The molecule has 0 fully saturated rings. The fraction of sp³-hybridized carbons (Fsp3) is 0.188. The highest BCUT2D eigenvalue weighted by atomic mass is 16.4. The molecule has 2 rings (SSSR count). The Morgan fingerprint density at radius 1 is 0.842 bits per heavy atom. The van der Waals surface area contributed by atoms with E-state index in [0.717, 1.165) is 11.1 Å². The van der Waals surface area contributed by atoms with Crippen molar-refractivity contribution in [3.8, 4) is 0 Å². The summed E-state index contributed by atoms with van der Waals surface area (Å²) in [5.41, 5.74) is -0.158. The third-order valence-electron chi connectivity index (χ3n) is 3.08. The van der Waals surface area contributed by atoms with Crippen LogP contribution in [0.2, 0.25) is 0 Å². The molecule has 0 heterocycles. The number of carbonyl (C=O) groups is 1. The van der Waals surface area contributed by atoms with E-state index in [0.29, 0.717) is 0 Å². The first-order chi connectivity index (χ1) is 9.10. The lowest BCUT2D eigenvalue weighted by atomic mass is 9.88. The summed E-state index contributed by atoms with van der Waals surface area (Å²) in [5.74, 6) is -1.19. The van der Waals surface area contributed by atoms with E-state index in [1.54, 1.807) is 0 Å². The van der Waals surface area contributed by atoms with Crippen molar-refractivity contribution in [2.75, 3.05) is 0 Å². The fourth-order valence-corrected chi connectivity index (χ4v) is 2.08. The second-order valence-electron chi connectivity index (χ2n) is 4.66. The molecule has 19 heavy (non-hydrogen) atoms. The van der Waals surface area contributed by atoms with Gasteiger partial charge in [-0.3, -0.25) is 0 Å². The maximum atomic E-state index is 11.4. The van der Waals surface area contributed by atoms with Crippen molar-refractivity contribution in [3.05, 3.63) is 71.8 Å². The number of aliphatic carboxylic acids is 1. The summed E-state index contributed by atoms with van der Waals surface area (Å²) in [6, 6.07) is 18.3. The molecule has 0 saturated heterocycles. The third-order valence-corrected chi connectivity index (χ3v) is 3.08. The van der Waals surface area contributed by atoms with Gasteiger partial charge < -0.3 is 10.2 Å². The van der Waals surface area contributed by atoms with Crippen LogP contribution in [0.1, 0.15) is 11.1 Å². The van der Waals surface area contributed by atoms with E-state index in [2.05, 4.69) is 0 Å². The van der Waals surface area contributed by atoms with Crippen molar-refractivity contribution in [2.24, 2.45) is 0 Å². The summed E-state index contributed by atoms with van der Waals surface area (Å²) < 4.78 is 0. The molecule has 98 valence electrons. The maximum absolute atomic E-state index is 11.4. The molecule has 0 amide bonds. The topological polar surface area (TPSA) is 57.5 Å². The normalized spacial score (nSPS) is 11.2. The van der Waals surface area contributed by atoms with Crippen LogP contribution in [0.5, 0.6) is 0 Å². The van der Waals surface area contributed by atoms with E-state index in [9.17, 15) is 15.0 Å². The summed E-state index contributed by atoms with van der Waals surface area (Å²) in [7, 11) is 0. The highest BCUT2D eigenvalue weighted by Gasteiger charge is 2.36. The zero-order chi connectivity index (χ0) is 13.7. The number of carboxylic acids is 1. The van der Waals surface area contributed by atoms with Crippen molar-refractivity contribution in [2.45, 2.75) is 18.4 Å². The number of rotatable bonds is 5. The van der Waals surface area contributed by atoms with Crippen LogP contribution >= 0.6 is 0 Å². The third kappa shape index (κ3) is 3.42. The van der Waals surface area contributed by atoms with Gasteiger partial charge in [0.05, 0.1) is 0 Å². The summed E-state index contributed by atoms with van der Waals surface area (Å²) >= 11 is 0. The Morgan fingerprint density at radius 3 is 1.53 bits per heavy atom. The van der Waals surface area contributed by atoms with E-state index in [1.807, 2.05) is 60.7 Å². The molecule has 0 aromatic heterocycles. The van der Waals surface area contributed by atoms with Crippen LogP contribution in [0.15, 0.2) is 60.7 Å². The van der Waals surface area contributed by atoms with Gasteiger partial charge in [0.1, 0.15) is 0 Å². The Labute approximate surface area is 112 Å². The van der Waals surface area contributed by atoms with Crippen LogP contribution in [0, 0.1) is 0 Å². The van der Waals surface area contributed by atoms with Crippen molar-refractivity contribution in [1.29, 1.82) is 0 Å². The van der Waals surface area contributed by atoms with Gasteiger partial charge in [-0.2, -0.15) is 0 Å². The van der Waals surface area contributed by atoms with E-state index < -0.39 is 11.6 Å². The molecular formula is C16H16O3. The summed E-state index contributed by atoms with van der Waals surface area (Å²) in [5, 5.41) is 19.7. The summed E-state index contributed by atoms with van der Waals surface area (Å²) in [6.45, 7) is 0. The van der Waals surface area contributed by atoms with Gasteiger partial charge in [-0.25, -0.2) is 4.79 Å². The van der Waals surface area contributed by atoms with E-state index in [1.165, 1.54) is 0 Å². The molecule has 2 aromatic rings. The van der Waals surface area contributed by atoms with Gasteiger partial charge in [0.15, 0.2) is 5.60 Å². The van der Waals surface area contributed by atoms with Crippen LogP contribution < -0.4 is 0 Å². The minimum Gasteiger partial charge on any atom is -0.479 e. The lowest BCUT2D eigenvalue weighted by Crippen LogP contribution is -2.43. The molecule has 0 aliphatic carbocycles. The average molecular weight is 256 g/mol. The molecule has 3 heteroatoms. The molecule has 2 N–H and O–H groups in total. The van der Waals surface area contributed by atoms with Crippen LogP contribution in [-0.4, -0.2) is 21.8 Å². The van der Waals surface area contributed by atoms with Crippen molar-refractivity contribution < 1.29 is 15.0 Å². The lowest BCUT2D eigenvalue weighted by molar-refractivity contribution is -0.158. The standard InChI is InChI=1S/C16H16O3/c17-15(18)16(19,11-13-7-3-1-4-8-13)12-14-9-5-2-6-10-14/h1-10,19H,11-12H2,(H,17,18). The Balaban J connectivity index is 2.21. The van der Waals surface area contributed by atoms with Crippen LogP contribution in [0.3, 0.4) is 0 Å².